The number of thiophene rings is 1. The predicted octanol–water partition coefficient (Wildman–Crippen LogP) is 4.63. The van der Waals surface area contributed by atoms with Gasteiger partial charge >= 0.3 is 5.97 Å². The lowest BCUT2D eigenvalue weighted by molar-refractivity contribution is -0.138. The number of rotatable bonds is 9. The summed E-state index contributed by atoms with van der Waals surface area (Å²) in [6, 6.07) is 9.72. The first-order valence-corrected chi connectivity index (χ1v) is 11.7. The van der Waals surface area contributed by atoms with Crippen molar-refractivity contribution in [3.05, 3.63) is 51.9 Å². The van der Waals surface area contributed by atoms with Crippen molar-refractivity contribution in [2.45, 2.75) is 58.9 Å². The van der Waals surface area contributed by atoms with Gasteiger partial charge in [0.05, 0.1) is 5.56 Å². The van der Waals surface area contributed by atoms with Gasteiger partial charge < -0.3 is 15.7 Å². The Kier molecular flexibility index (Phi) is 7.85. The van der Waals surface area contributed by atoms with E-state index in [4.69, 9.17) is 5.11 Å². The van der Waals surface area contributed by atoms with Crippen molar-refractivity contribution in [3.63, 3.8) is 0 Å². The molecule has 31 heavy (non-hydrogen) atoms. The highest BCUT2D eigenvalue weighted by Crippen LogP contribution is 2.40. The third kappa shape index (κ3) is 6.17. The second-order valence-corrected chi connectivity index (χ2v) is 9.45. The molecule has 1 aromatic carbocycles. The van der Waals surface area contributed by atoms with Crippen molar-refractivity contribution in [2.24, 2.45) is 11.8 Å². The zero-order valence-corrected chi connectivity index (χ0v) is 18.9. The molecule has 0 aliphatic heterocycles. The van der Waals surface area contributed by atoms with Crippen LogP contribution in [-0.4, -0.2) is 22.9 Å². The van der Waals surface area contributed by atoms with Crippen LogP contribution in [0, 0.1) is 11.8 Å². The number of amides is 2. The Balaban J connectivity index is 1.78. The molecule has 1 aliphatic rings. The molecular weight excluding hydrogens is 412 g/mol. The lowest BCUT2D eigenvalue weighted by atomic mass is 9.85. The number of carboxylic acids is 1. The molecule has 0 radical (unpaired) electrons. The highest BCUT2D eigenvalue weighted by Gasteiger charge is 2.29. The van der Waals surface area contributed by atoms with Gasteiger partial charge in [0.15, 0.2) is 0 Å². The van der Waals surface area contributed by atoms with Gasteiger partial charge in [-0.1, -0.05) is 50.6 Å². The van der Waals surface area contributed by atoms with Gasteiger partial charge in [0.1, 0.15) is 5.00 Å². The third-order valence-electron chi connectivity index (χ3n) is 5.78. The van der Waals surface area contributed by atoms with Gasteiger partial charge in [-0.15, -0.1) is 11.3 Å². The second kappa shape index (κ2) is 10.6. The van der Waals surface area contributed by atoms with Crippen LogP contribution in [0.2, 0.25) is 0 Å². The van der Waals surface area contributed by atoms with E-state index >= 15 is 0 Å². The average molecular weight is 443 g/mol. The van der Waals surface area contributed by atoms with Crippen molar-refractivity contribution < 1.29 is 19.5 Å². The molecular formula is C24H30N2O4S. The number of nitrogens with one attached hydrogen (secondary N) is 2. The summed E-state index contributed by atoms with van der Waals surface area (Å²) in [5.41, 5.74) is 2.64. The van der Waals surface area contributed by atoms with Crippen LogP contribution in [0.25, 0.3) is 0 Å². The normalized spacial score (nSPS) is 16.3. The third-order valence-corrected chi connectivity index (χ3v) is 6.95. The summed E-state index contributed by atoms with van der Waals surface area (Å²) in [6.07, 6.45) is 3.96. The molecule has 3 rings (SSSR count). The molecule has 6 nitrogen and oxygen atoms in total. The highest BCUT2D eigenvalue weighted by atomic mass is 32.1. The summed E-state index contributed by atoms with van der Waals surface area (Å²) in [4.78, 5) is 37.8. The van der Waals surface area contributed by atoms with Gasteiger partial charge in [-0.25, -0.2) is 0 Å². The van der Waals surface area contributed by atoms with Crippen LogP contribution in [0.15, 0.2) is 30.3 Å². The van der Waals surface area contributed by atoms with E-state index in [0.29, 0.717) is 23.0 Å². The molecule has 1 heterocycles. The molecule has 166 valence electrons. The van der Waals surface area contributed by atoms with E-state index in [9.17, 15) is 14.4 Å². The largest absolute Gasteiger partial charge is 0.481 e. The number of carbonyl (C=O) groups excluding carboxylic acids is 2. The minimum absolute atomic E-state index is 0.0586. The number of hydrogen-bond acceptors (Lipinski definition) is 4. The van der Waals surface area contributed by atoms with Gasteiger partial charge in [0.2, 0.25) is 5.91 Å². The van der Waals surface area contributed by atoms with Crippen LogP contribution in [0.1, 0.15) is 65.9 Å². The molecule has 2 unspecified atom stereocenters. The maximum absolute atomic E-state index is 13.1. The molecule has 2 aromatic rings. The SMILES string of the molecule is CCC1CCc2c(sc(NC(=O)CC(C)CC(=O)O)c2C(=O)NCc2ccccc2)C1. The molecule has 3 N–H and O–H groups in total. The molecule has 0 saturated heterocycles. The van der Waals surface area contributed by atoms with Crippen LogP contribution in [0.5, 0.6) is 0 Å². The zero-order valence-electron chi connectivity index (χ0n) is 18.1. The van der Waals surface area contributed by atoms with E-state index in [-0.39, 0.29) is 30.6 Å². The molecule has 0 fully saturated rings. The van der Waals surface area contributed by atoms with E-state index in [1.54, 1.807) is 6.92 Å². The Labute approximate surface area is 187 Å². The van der Waals surface area contributed by atoms with Gasteiger partial charge in [-0.3, -0.25) is 14.4 Å². The van der Waals surface area contributed by atoms with Crippen LogP contribution in [0.3, 0.4) is 0 Å². The standard InChI is InChI=1S/C24H30N2O4S/c1-3-16-9-10-18-19(13-16)31-24(26-20(27)11-15(2)12-21(28)29)22(18)23(30)25-14-17-7-5-4-6-8-17/h4-8,15-16H,3,9-14H2,1-2H3,(H,25,30)(H,26,27)(H,28,29). The maximum atomic E-state index is 13.1. The number of aliphatic carboxylic acids is 1. The van der Waals surface area contributed by atoms with Crippen LogP contribution >= 0.6 is 11.3 Å². The Morgan fingerprint density at radius 3 is 2.61 bits per heavy atom. The van der Waals surface area contributed by atoms with Gasteiger partial charge in [-0.05, 0) is 42.2 Å². The van der Waals surface area contributed by atoms with Gasteiger partial charge in [-0.2, -0.15) is 0 Å². The Morgan fingerprint density at radius 1 is 1.19 bits per heavy atom. The number of hydrogen-bond donors (Lipinski definition) is 3. The van der Waals surface area contributed by atoms with Crippen LogP contribution in [-0.2, 0) is 29.0 Å². The Bertz CT molecular complexity index is 939. The summed E-state index contributed by atoms with van der Waals surface area (Å²) >= 11 is 1.49. The number of carboxylic acid groups (broad SMARTS) is 1. The molecule has 1 aromatic heterocycles. The summed E-state index contributed by atoms with van der Waals surface area (Å²) in [5.74, 6) is -1.02. The fourth-order valence-corrected chi connectivity index (χ4v) is 5.44. The van der Waals surface area contributed by atoms with E-state index < -0.39 is 5.97 Å². The fraction of sp³-hybridized carbons (Fsp3) is 0.458. The number of fused-ring (bicyclic) bond motifs is 1. The van der Waals surface area contributed by atoms with E-state index in [0.717, 1.165) is 36.8 Å². The van der Waals surface area contributed by atoms with Crippen molar-refractivity contribution in [1.82, 2.24) is 5.32 Å². The summed E-state index contributed by atoms with van der Waals surface area (Å²) in [6.45, 7) is 4.35. The van der Waals surface area contributed by atoms with Crippen molar-refractivity contribution in [1.29, 1.82) is 0 Å². The number of anilines is 1. The van der Waals surface area contributed by atoms with Gasteiger partial charge in [0.25, 0.3) is 5.91 Å². The van der Waals surface area contributed by atoms with E-state index in [1.807, 2.05) is 30.3 Å². The molecule has 2 atom stereocenters. The first kappa shape index (κ1) is 23.0. The summed E-state index contributed by atoms with van der Waals surface area (Å²) in [7, 11) is 0. The van der Waals surface area contributed by atoms with Crippen LogP contribution < -0.4 is 10.6 Å². The summed E-state index contributed by atoms with van der Waals surface area (Å²) < 4.78 is 0. The lowest BCUT2D eigenvalue weighted by Crippen LogP contribution is -2.26. The molecule has 7 heteroatoms. The first-order valence-electron chi connectivity index (χ1n) is 10.9. The van der Waals surface area contributed by atoms with Gasteiger partial charge in [0, 0.05) is 24.3 Å². The Hall–Kier alpha value is -2.67. The first-order chi connectivity index (χ1) is 14.9. The number of benzene rings is 1. The van der Waals surface area contributed by atoms with E-state index in [2.05, 4.69) is 17.6 Å². The van der Waals surface area contributed by atoms with E-state index in [1.165, 1.54) is 16.2 Å². The monoisotopic (exact) mass is 442 g/mol. The smallest absolute Gasteiger partial charge is 0.303 e. The molecule has 1 aliphatic carbocycles. The summed E-state index contributed by atoms with van der Waals surface area (Å²) in [5, 5.41) is 15.4. The fourth-order valence-electron chi connectivity index (χ4n) is 4.06. The van der Waals surface area contributed by atoms with Crippen molar-refractivity contribution in [3.8, 4) is 0 Å². The minimum atomic E-state index is -0.918. The predicted molar refractivity (Wildman–Crippen MR) is 122 cm³/mol. The van der Waals surface area contributed by atoms with Crippen molar-refractivity contribution >= 4 is 34.1 Å². The Morgan fingerprint density at radius 2 is 1.94 bits per heavy atom. The average Bonchev–Trinajstić information content (AvgIpc) is 3.08. The minimum Gasteiger partial charge on any atom is -0.481 e. The second-order valence-electron chi connectivity index (χ2n) is 8.35. The maximum Gasteiger partial charge on any atom is 0.303 e. The van der Waals surface area contributed by atoms with Crippen molar-refractivity contribution in [2.75, 3.05) is 5.32 Å². The molecule has 2 amide bonds. The molecule has 0 spiro atoms. The highest BCUT2D eigenvalue weighted by molar-refractivity contribution is 7.17. The van der Waals surface area contributed by atoms with Crippen LogP contribution in [0.4, 0.5) is 5.00 Å². The lowest BCUT2D eigenvalue weighted by Gasteiger charge is -2.21. The number of carbonyl (C=O) groups is 3. The molecule has 0 bridgehead atoms. The molecule has 0 saturated carbocycles. The quantitative estimate of drug-likeness (QED) is 0.527. The topological polar surface area (TPSA) is 95.5 Å². The zero-order chi connectivity index (χ0) is 22.4.